The summed E-state index contributed by atoms with van der Waals surface area (Å²) in [6, 6.07) is 11.3. The number of carbonyl (C=O) groups excluding carboxylic acids is 3. The van der Waals surface area contributed by atoms with Gasteiger partial charge in [-0.3, -0.25) is 9.59 Å². The molecule has 1 atom stereocenters. The number of pyridine rings is 1. The third kappa shape index (κ3) is 4.44. The highest BCUT2D eigenvalue weighted by molar-refractivity contribution is 6.02. The Morgan fingerprint density at radius 1 is 1.18 bits per heavy atom. The van der Waals surface area contributed by atoms with E-state index < -0.39 is 11.9 Å². The van der Waals surface area contributed by atoms with Crippen LogP contribution >= 0.6 is 0 Å². The third-order valence-corrected chi connectivity index (χ3v) is 5.61. The van der Waals surface area contributed by atoms with Crippen LogP contribution in [0, 0.1) is 5.92 Å². The minimum atomic E-state index is -0.598. The predicted molar refractivity (Wildman–Crippen MR) is 123 cm³/mol. The molecule has 0 bridgehead atoms. The second kappa shape index (κ2) is 8.65. The smallest absolute Gasteiger partial charge is 0.343 e. The molecular weight excluding hydrogens is 422 g/mol. The van der Waals surface area contributed by atoms with Gasteiger partial charge in [-0.05, 0) is 45.9 Å². The largest absolute Gasteiger partial charge is 0.462 e. The van der Waals surface area contributed by atoms with Crippen LogP contribution in [0.5, 0.6) is 0 Å². The summed E-state index contributed by atoms with van der Waals surface area (Å²) in [5, 5.41) is 8.08. The monoisotopic (exact) mass is 449 g/mol. The zero-order valence-electron chi connectivity index (χ0n) is 19.2. The predicted octanol–water partition coefficient (Wildman–Crippen LogP) is 3.18. The van der Waals surface area contributed by atoms with Crippen molar-refractivity contribution in [2.75, 3.05) is 18.5 Å². The standard InChI is InChI=1S/C24H27N5O4/c1-5-33-23(32)17-13-25-29(19-11-10-15-8-6-7-9-18(15)26-19)21(17)27-22(31)16-12-20(30)28(14-16)24(2,3)4/h6-11,13,16H,5,12,14H2,1-4H3,(H,27,31). The van der Waals surface area contributed by atoms with Crippen LogP contribution in [-0.2, 0) is 14.3 Å². The van der Waals surface area contributed by atoms with Crippen molar-refractivity contribution in [3.63, 3.8) is 0 Å². The average Bonchev–Trinajstić information content (AvgIpc) is 3.37. The third-order valence-electron chi connectivity index (χ3n) is 5.61. The first-order valence-electron chi connectivity index (χ1n) is 10.9. The van der Waals surface area contributed by atoms with Gasteiger partial charge in [-0.1, -0.05) is 18.2 Å². The topological polar surface area (TPSA) is 106 Å². The van der Waals surface area contributed by atoms with E-state index in [1.165, 1.54) is 10.9 Å². The van der Waals surface area contributed by atoms with E-state index >= 15 is 0 Å². The molecule has 9 heteroatoms. The summed E-state index contributed by atoms with van der Waals surface area (Å²) in [5.74, 6) is -0.958. The van der Waals surface area contributed by atoms with Crippen LogP contribution in [0.3, 0.4) is 0 Å². The molecule has 9 nitrogen and oxygen atoms in total. The number of esters is 1. The van der Waals surface area contributed by atoms with E-state index in [1.807, 2.05) is 51.1 Å². The van der Waals surface area contributed by atoms with Gasteiger partial charge in [0.1, 0.15) is 5.56 Å². The highest BCUT2D eigenvalue weighted by atomic mass is 16.5. The Balaban J connectivity index is 1.68. The van der Waals surface area contributed by atoms with Gasteiger partial charge in [0.2, 0.25) is 11.8 Å². The molecule has 0 saturated carbocycles. The van der Waals surface area contributed by atoms with Crippen molar-refractivity contribution in [1.82, 2.24) is 19.7 Å². The summed E-state index contributed by atoms with van der Waals surface area (Å²) in [5.41, 5.74) is 0.499. The van der Waals surface area contributed by atoms with E-state index in [9.17, 15) is 14.4 Å². The molecule has 3 heterocycles. The van der Waals surface area contributed by atoms with Crippen molar-refractivity contribution in [3.05, 3.63) is 48.2 Å². The van der Waals surface area contributed by atoms with Gasteiger partial charge in [0.15, 0.2) is 11.6 Å². The molecular formula is C24H27N5O4. The molecule has 1 saturated heterocycles. The lowest BCUT2D eigenvalue weighted by Gasteiger charge is -2.31. The van der Waals surface area contributed by atoms with Gasteiger partial charge >= 0.3 is 5.97 Å². The van der Waals surface area contributed by atoms with Crippen molar-refractivity contribution >= 4 is 34.5 Å². The van der Waals surface area contributed by atoms with Crippen LogP contribution in [0.2, 0.25) is 0 Å². The van der Waals surface area contributed by atoms with Gasteiger partial charge in [-0.25, -0.2) is 9.78 Å². The normalized spacial score (nSPS) is 16.3. The maximum absolute atomic E-state index is 13.2. The van der Waals surface area contributed by atoms with Crippen molar-refractivity contribution in [3.8, 4) is 5.82 Å². The number of rotatable bonds is 5. The Morgan fingerprint density at radius 2 is 1.94 bits per heavy atom. The first kappa shape index (κ1) is 22.4. The number of ether oxygens (including phenoxy) is 1. The molecule has 3 aromatic rings. The molecule has 0 aliphatic carbocycles. The lowest BCUT2D eigenvalue weighted by atomic mass is 10.1. The quantitative estimate of drug-likeness (QED) is 0.600. The average molecular weight is 450 g/mol. The Bertz CT molecular complexity index is 1230. The number of amides is 2. The van der Waals surface area contributed by atoms with Gasteiger partial charge in [0.25, 0.3) is 0 Å². The zero-order chi connectivity index (χ0) is 23.8. The SMILES string of the molecule is CCOC(=O)c1cnn(-c2ccc3ccccc3n2)c1NC(=O)C1CC(=O)N(C(C)(C)C)C1. The molecule has 1 aromatic carbocycles. The number of fused-ring (bicyclic) bond motifs is 1. The lowest BCUT2D eigenvalue weighted by Crippen LogP contribution is -2.42. The zero-order valence-corrected chi connectivity index (χ0v) is 19.2. The summed E-state index contributed by atoms with van der Waals surface area (Å²) >= 11 is 0. The van der Waals surface area contributed by atoms with Gasteiger partial charge < -0.3 is 15.0 Å². The van der Waals surface area contributed by atoms with Crippen LogP contribution in [-0.4, -0.2) is 56.1 Å². The Morgan fingerprint density at radius 3 is 2.64 bits per heavy atom. The Kier molecular flexibility index (Phi) is 5.88. The van der Waals surface area contributed by atoms with E-state index in [0.717, 1.165) is 10.9 Å². The Labute approximate surface area is 191 Å². The van der Waals surface area contributed by atoms with Crippen molar-refractivity contribution in [1.29, 1.82) is 0 Å². The maximum atomic E-state index is 13.2. The van der Waals surface area contributed by atoms with E-state index in [4.69, 9.17) is 4.74 Å². The molecule has 1 aliphatic heterocycles. The minimum Gasteiger partial charge on any atom is -0.462 e. The summed E-state index contributed by atoms with van der Waals surface area (Å²) in [6.07, 6.45) is 1.46. The van der Waals surface area contributed by atoms with Crippen LogP contribution in [0.25, 0.3) is 16.7 Å². The maximum Gasteiger partial charge on any atom is 0.343 e. The summed E-state index contributed by atoms with van der Waals surface area (Å²) in [7, 11) is 0. The minimum absolute atomic E-state index is 0.0713. The fraction of sp³-hybridized carbons (Fsp3) is 0.375. The second-order valence-corrected chi connectivity index (χ2v) is 8.97. The van der Waals surface area contributed by atoms with Crippen LogP contribution in [0.1, 0.15) is 44.5 Å². The second-order valence-electron chi connectivity index (χ2n) is 8.97. The van der Waals surface area contributed by atoms with Gasteiger partial charge in [0, 0.05) is 23.9 Å². The molecule has 1 fully saturated rings. The van der Waals surface area contributed by atoms with Crippen molar-refractivity contribution < 1.29 is 19.1 Å². The van der Waals surface area contributed by atoms with Crippen LogP contribution in [0.15, 0.2) is 42.6 Å². The number of para-hydroxylation sites is 1. The summed E-state index contributed by atoms with van der Waals surface area (Å²) < 4.78 is 6.56. The van der Waals surface area contributed by atoms with E-state index in [0.29, 0.717) is 12.4 Å². The number of nitrogens with one attached hydrogen (secondary N) is 1. The molecule has 1 N–H and O–H groups in total. The number of hydrogen-bond donors (Lipinski definition) is 1. The van der Waals surface area contributed by atoms with Gasteiger partial charge in [-0.2, -0.15) is 9.78 Å². The number of likely N-dealkylation sites (tertiary alicyclic amines) is 1. The van der Waals surface area contributed by atoms with E-state index in [-0.39, 0.29) is 41.8 Å². The van der Waals surface area contributed by atoms with E-state index in [2.05, 4.69) is 15.4 Å². The molecule has 1 unspecified atom stereocenters. The first-order valence-corrected chi connectivity index (χ1v) is 10.9. The van der Waals surface area contributed by atoms with Crippen molar-refractivity contribution in [2.24, 2.45) is 5.92 Å². The highest BCUT2D eigenvalue weighted by Gasteiger charge is 2.40. The molecule has 2 aromatic heterocycles. The summed E-state index contributed by atoms with van der Waals surface area (Å²) in [4.78, 5) is 44.5. The number of nitrogens with zero attached hydrogens (tertiary/aromatic N) is 4. The molecule has 0 spiro atoms. The number of anilines is 1. The van der Waals surface area contributed by atoms with Gasteiger partial charge in [-0.15, -0.1) is 0 Å². The van der Waals surface area contributed by atoms with Crippen molar-refractivity contribution in [2.45, 2.75) is 39.7 Å². The Hall–Kier alpha value is -3.75. The van der Waals surface area contributed by atoms with Crippen LogP contribution in [0.4, 0.5) is 5.82 Å². The molecule has 0 radical (unpaired) electrons. The highest BCUT2D eigenvalue weighted by Crippen LogP contribution is 2.28. The van der Waals surface area contributed by atoms with E-state index in [1.54, 1.807) is 17.9 Å². The number of carbonyl (C=O) groups is 3. The molecule has 172 valence electrons. The molecule has 33 heavy (non-hydrogen) atoms. The lowest BCUT2D eigenvalue weighted by molar-refractivity contribution is -0.131. The number of benzene rings is 1. The molecule has 2 amide bonds. The van der Waals surface area contributed by atoms with Crippen LogP contribution < -0.4 is 5.32 Å². The van der Waals surface area contributed by atoms with Gasteiger partial charge in [0.05, 0.1) is 24.2 Å². The fourth-order valence-corrected chi connectivity index (χ4v) is 3.92. The fourth-order valence-electron chi connectivity index (χ4n) is 3.92. The number of hydrogen-bond acceptors (Lipinski definition) is 6. The molecule has 1 aliphatic rings. The number of aromatic nitrogens is 3. The first-order chi connectivity index (χ1) is 15.7. The molecule has 4 rings (SSSR count). The summed E-state index contributed by atoms with van der Waals surface area (Å²) in [6.45, 7) is 8.00.